The third-order valence-corrected chi connectivity index (χ3v) is 3.88. The molecule has 0 bridgehead atoms. The molecule has 0 aliphatic rings. The summed E-state index contributed by atoms with van der Waals surface area (Å²) in [6.45, 7) is 0. The molecule has 2 nitrogen and oxygen atoms in total. The Morgan fingerprint density at radius 2 is 1.89 bits per heavy atom. The monoisotopic (exact) mass is 388 g/mol. The van der Waals surface area contributed by atoms with Crippen LogP contribution < -0.4 is 4.74 Å². The molecule has 0 saturated heterocycles. The van der Waals surface area contributed by atoms with Crippen molar-refractivity contribution in [1.29, 1.82) is 0 Å². The van der Waals surface area contributed by atoms with Crippen molar-refractivity contribution in [2.75, 3.05) is 7.11 Å². The summed E-state index contributed by atoms with van der Waals surface area (Å²) in [5.41, 5.74) is 1.05. The first kappa shape index (κ1) is 14.5. The minimum atomic E-state index is -0.949. The van der Waals surface area contributed by atoms with Gasteiger partial charge in [-0.05, 0) is 51.8 Å². The van der Waals surface area contributed by atoms with E-state index in [2.05, 4.69) is 31.9 Å². The summed E-state index contributed by atoms with van der Waals surface area (Å²) < 4.78 is 19.9. The highest BCUT2D eigenvalue weighted by atomic mass is 79.9. The molecule has 1 atom stereocenters. The second-order valence-electron chi connectivity index (χ2n) is 3.96. The van der Waals surface area contributed by atoms with Gasteiger partial charge in [0.1, 0.15) is 17.7 Å². The zero-order valence-electron chi connectivity index (χ0n) is 10.0. The zero-order chi connectivity index (χ0) is 14.0. The molecule has 19 heavy (non-hydrogen) atoms. The molecule has 0 aliphatic carbocycles. The van der Waals surface area contributed by atoms with Crippen molar-refractivity contribution >= 4 is 31.9 Å². The lowest BCUT2D eigenvalue weighted by atomic mass is 10.0. The Morgan fingerprint density at radius 1 is 1.16 bits per heavy atom. The van der Waals surface area contributed by atoms with Gasteiger partial charge in [-0.3, -0.25) is 0 Å². The number of hydrogen-bond donors (Lipinski definition) is 1. The van der Waals surface area contributed by atoms with Crippen LogP contribution in [-0.4, -0.2) is 12.2 Å². The minimum absolute atomic E-state index is 0.365. The highest BCUT2D eigenvalue weighted by Gasteiger charge is 2.17. The molecular weight excluding hydrogens is 379 g/mol. The first-order valence-electron chi connectivity index (χ1n) is 5.49. The minimum Gasteiger partial charge on any atom is -0.496 e. The molecule has 0 aromatic heterocycles. The van der Waals surface area contributed by atoms with E-state index in [1.165, 1.54) is 13.2 Å². The van der Waals surface area contributed by atoms with Crippen LogP contribution in [0.1, 0.15) is 17.2 Å². The fraction of sp³-hybridized carbons (Fsp3) is 0.143. The van der Waals surface area contributed by atoms with Crippen molar-refractivity contribution in [2.24, 2.45) is 0 Å². The Hall–Kier alpha value is -0.910. The molecule has 0 radical (unpaired) electrons. The molecule has 100 valence electrons. The molecule has 0 heterocycles. The number of halogens is 3. The van der Waals surface area contributed by atoms with Gasteiger partial charge in [0.2, 0.25) is 0 Å². The van der Waals surface area contributed by atoms with Gasteiger partial charge in [0.05, 0.1) is 11.6 Å². The Kier molecular flexibility index (Phi) is 4.60. The molecule has 0 spiro atoms. The van der Waals surface area contributed by atoms with E-state index in [1.54, 1.807) is 24.3 Å². The van der Waals surface area contributed by atoms with E-state index in [-0.39, 0.29) is 0 Å². The van der Waals surface area contributed by atoms with Crippen LogP contribution in [0.3, 0.4) is 0 Å². The fourth-order valence-electron chi connectivity index (χ4n) is 1.78. The van der Waals surface area contributed by atoms with Gasteiger partial charge < -0.3 is 9.84 Å². The zero-order valence-corrected chi connectivity index (χ0v) is 13.2. The predicted molar refractivity (Wildman–Crippen MR) is 78.9 cm³/mol. The topological polar surface area (TPSA) is 29.5 Å². The van der Waals surface area contributed by atoms with Crippen LogP contribution in [0.2, 0.25) is 0 Å². The van der Waals surface area contributed by atoms with Gasteiger partial charge in [-0.15, -0.1) is 0 Å². The van der Waals surface area contributed by atoms with Crippen molar-refractivity contribution < 1.29 is 14.2 Å². The third-order valence-electron chi connectivity index (χ3n) is 2.75. The maximum atomic E-state index is 13.5. The first-order chi connectivity index (χ1) is 9.02. The number of rotatable bonds is 3. The Bertz CT molecular complexity index is 602. The number of aliphatic hydroxyl groups excluding tert-OH is 1. The van der Waals surface area contributed by atoms with Crippen molar-refractivity contribution in [2.45, 2.75) is 6.10 Å². The lowest BCUT2D eigenvalue weighted by molar-refractivity contribution is 0.214. The van der Waals surface area contributed by atoms with Crippen molar-refractivity contribution in [3.63, 3.8) is 0 Å². The van der Waals surface area contributed by atoms with Crippen LogP contribution in [0, 0.1) is 5.82 Å². The predicted octanol–water partition coefficient (Wildman–Crippen LogP) is 4.44. The molecular formula is C14H11Br2FO2. The number of hydrogen-bond acceptors (Lipinski definition) is 2. The number of benzene rings is 2. The maximum Gasteiger partial charge on any atom is 0.137 e. The summed E-state index contributed by atoms with van der Waals surface area (Å²) in [5.74, 6) is 0.143. The highest BCUT2D eigenvalue weighted by molar-refractivity contribution is 9.10. The molecule has 2 aromatic carbocycles. The van der Waals surface area contributed by atoms with Crippen molar-refractivity contribution in [1.82, 2.24) is 0 Å². The van der Waals surface area contributed by atoms with Crippen molar-refractivity contribution in [3.8, 4) is 5.75 Å². The molecule has 1 N–H and O–H groups in total. The Balaban J connectivity index is 2.45. The van der Waals surface area contributed by atoms with Crippen LogP contribution >= 0.6 is 31.9 Å². The van der Waals surface area contributed by atoms with Gasteiger partial charge in [0.15, 0.2) is 0 Å². The molecule has 0 saturated carbocycles. The summed E-state index contributed by atoms with van der Waals surface area (Å²) in [6.07, 6.45) is -0.949. The average molecular weight is 390 g/mol. The van der Waals surface area contributed by atoms with Gasteiger partial charge in [0.25, 0.3) is 0 Å². The number of aliphatic hydroxyl groups is 1. The lowest BCUT2D eigenvalue weighted by Crippen LogP contribution is -2.03. The smallest absolute Gasteiger partial charge is 0.137 e. The molecule has 0 fully saturated rings. The maximum absolute atomic E-state index is 13.5. The summed E-state index contributed by atoms with van der Waals surface area (Å²) >= 11 is 6.43. The SMILES string of the molecule is COc1ccc(Br)cc1C(O)c1ccc(Br)c(F)c1. The van der Waals surface area contributed by atoms with Gasteiger partial charge in [-0.25, -0.2) is 4.39 Å². The van der Waals surface area contributed by atoms with E-state index in [0.29, 0.717) is 21.3 Å². The van der Waals surface area contributed by atoms with Crippen molar-refractivity contribution in [3.05, 3.63) is 62.3 Å². The first-order valence-corrected chi connectivity index (χ1v) is 7.08. The standard InChI is InChI=1S/C14H11Br2FO2/c1-19-13-5-3-9(15)7-10(13)14(18)8-2-4-11(16)12(17)6-8/h2-7,14,18H,1H3. The van der Waals surface area contributed by atoms with Crippen LogP contribution in [0.15, 0.2) is 45.3 Å². The largest absolute Gasteiger partial charge is 0.496 e. The quantitative estimate of drug-likeness (QED) is 0.840. The van der Waals surface area contributed by atoms with Gasteiger partial charge in [0, 0.05) is 10.0 Å². The summed E-state index contributed by atoms with van der Waals surface area (Å²) in [7, 11) is 1.53. The molecule has 2 rings (SSSR count). The molecule has 1 unspecified atom stereocenters. The van der Waals surface area contributed by atoms with Crippen LogP contribution in [0.25, 0.3) is 0 Å². The van der Waals surface area contributed by atoms with E-state index in [4.69, 9.17) is 4.74 Å². The molecule has 0 amide bonds. The van der Waals surface area contributed by atoms with Crippen LogP contribution in [0.4, 0.5) is 4.39 Å². The Labute approximate surface area is 127 Å². The fourth-order valence-corrected chi connectivity index (χ4v) is 2.41. The van der Waals surface area contributed by atoms with E-state index in [0.717, 1.165) is 4.47 Å². The second kappa shape index (κ2) is 6.03. The van der Waals surface area contributed by atoms with Crippen LogP contribution in [0.5, 0.6) is 5.75 Å². The number of ether oxygens (including phenoxy) is 1. The highest BCUT2D eigenvalue weighted by Crippen LogP contribution is 2.33. The van der Waals surface area contributed by atoms with E-state index in [1.807, 2.05) is 6.07 Å². The van der Waals surface area contributed by atoms with Crippen LogP contribution in [-0.2, 0) is 0 Å². The summed E-state index contributed by atoms with van der Waals surface area (Å²) in [6, 6.07) is 9.85. The summed E-state index contributed by atoms with van der Waals surface area (Å²) in [4.78, 5) is 0. The van der Waals surface area contributed by atoms with E-state index >= 15 is 0 Å². The van der Waals surface area contributed by atoms with Gasteiger partial charge >= 0.3 is 0 Å². The van der Waals surface area contributed by atoms with E-state index in [9.17, 15) is 9.50 Å². The van der Waals surface area contributed by atoms with E-state index < -0.39 is 11.9 Å². The average Bonchev–Trinajstić information content (AvgIpc) is 2.41. The lowest BCUT2D eigenvalue weighted by Gasteiger charge is -2.16. The second-order valence-corrected chi connectivity index (χ2v) is 5.73. The Morgan fingerprint density at radius 3 is 2.53 bits per heavy atom. The molecule has 2 aromatic rings. The van der Waals surface area contributed by atoms with Gasteiger partial charge in [-0.1, -0.05) is 22.0 Å². The third kappa shape index (κ3) is 3.16. The molecule has 0 aliphatic heterocycles. The summed E-state index contributed by atoms with van der Waals surface area (Å²) in [5, 5.41) is 10.4. The number of methoxy groups -OCH3 is 1. The van der Waals surface area contributed by atoms with Gasteiger partial charge in [-0.2, -0.15) is 0 Å². The molecule has 5 heteroatoms. The normalized spacial score (nSPS) is 12.3.